The highest BCUT2D eigenvalue weighted by atomic mass is 16.5. The molecule has 0 spiro atoms. The lowest BCUT2D eigenvalue weighted by atomic mass is 9.91. The zero-order chi connectivity index (χ0) is 18.5. The van der Waals surface area contributed by atoms with Gasteiger partial charge in [0.05, 0.1) is 18.2 Å². The van der Waals surface area contributed by atoms with Gasteiger partial charge in [-0.3, -0.25) is 14.4 Å². The highest BCUT2D eigenvalue weighted by Gasteiger charge is 2.25. The summed E-state index contributed by atoms with van der Waals surface area (Å²) < 4.78 is 5.33. The molecule has 0 fully saturated rings. The third-order valence-corrected chi connectivity index (χ3v) is 4.06. The van der Waals surface area contributed by atoms with Crippen molar-refractivity contribution in [3.63, 3.8) is 0 Å². The molecule has 3 aromatic carbocycles. The van der Waals surface area contributed by atoms with Gasteiger partial charge >= 0.3 is 0 Å². The molecule has 0 atom stereocenters. The van der Waals surface area contributed by atoms with E-state index in [4.69, 9.17) is 4.74 Å². The van der Waals surface area contributed by atoms with Gasteiger partial charge in [0.15, 0.2) is 17.9 Å². The smallest absolute Gasteiger partial charge is 0.197 e. The zero-order valence-electron chi connectivity index (χ0n) is 14.1. The zero-order valence-corrected chi connectivity index (χ0v) is 14.1. The molecule has 128 valence electrons. The Balaban J connectivity index is 2.23. The quantitative estimate of drug-likeness (QED) is 0.501. The maximum atomic E-state index is 13.1. The van der Waals surface area contributed by atoms with E-state index in [1.807, 2.05) is 6.07 Å². The molecule has 0 heterocycles. The van der Waals surface area contributed by atoms with Gasteiger partial charge in [-0.05, 0) is 12.1 Å². The van der Waals surface area contributed by atoms with Crippen LogP contribution in [-0.2, 0) is 0 Å². The number of carbonyl (C=O) groups is 3. The average molecular weight is 344 g/mol. The van der Waals surface area contributed by atoms with Crippen LogP contribution in [0.2, 0.25) is 0 Å². The monoisotopic (exact) mass is 344 g/mol. The lowest BCUT2D eigenvalue weighted by molar-refractivity contribution is 0.1000. The second-order valence-corrected chi connectivity index (χ2v) is 5.62. The first-order chi connectivity index (χ1) is 12.7. The second-order valence-electron chi connectivity index (χ2n) is 5.62. The first-order valence-corrected chi connectivity index (χ1v) is 8.03. The standard InChI is InChI=1S/C22H16O4/c1-26-22-17(14-23)12-13-18(20(24)15-8-4-2-5-9-15)19(22)21(25)16-10-6-3-7-11-16/h2-14H,1H3. The summed E-state index contributed by atoms with van der Waals surface area (Å²) in [5.74, 6) is -0.568. The normalized spacial score (nSPS) is 10.2. The van der Waals surface area contributed by atoms with Gasteiger partial charge < -0.3 is 4.74 Å². The molecule has 4 heteroatoms. The van der Waals surface area contributed by atoms with Crippen molar-refractivity contribution >= 4 is 17.9 Å². The Morgan fingerprint density at radius 3 is 1.81 bits per heavy atom. The number of ketones is 2. The van der Waals surface area contributed by atoms with Gasteiger partial charge in [0.25, 0.3) is 0 Å². The third-order valence-electron chi connectivity index (χ3n) is 4.06. The van der Waals surface area contributed by atoms with Gasteiger partial charge in [-0.2, -0.15) is 0 Å². The summed E-state index contributed by atoms with van der Waals surface area (Å²) in [6.07, 6.45) is 0.609. The van der Waals surface area contributed by atoms with Crippen molar-refractivity contribution in [2.75, 3.05) is 7.11 Å². The second kappa shape index (κ2) is 7.57. The molecule has 0 aliphatic heterocycles. The van der Waals surface area contributed by atoms with Crippen molar-refractivity contribution in [1.29, 1.82) is 0 Å². The molecule has 0 radical (unpaired) electrons. The number of methoxy groups -OCH3 is 1. The Labute approximate surface area is 151 Å². The van der Waals surface area contributed by atoms with Crippen LogP contribution in [0.25, 0.3) is 0 Å². The number of hydrogen-bond acceptors (Lipinski definition) is 4. The number of hydrogen-bond donors (Lipinski definition) is 0. The van der Waals surface area contributed by atoms with Gasteiger partial charge in [-0.15, -0.1) is 0 Å². The van der Waals surface area contributed by atoms with E-state index in [2.05, 4.69) is 0 Å². The van der Waals surface area contributed by atoms with E-state index in [0.717, 1.165) is 0 Å². The van der Waals surface area contributed by atoms with Crippen molar-refractivity contribution in [3.05, 3.63) is 101 Å². The number of carbonyl (C=O) groups excluding carboxylic acids is 3. The van der Waals surface area contributed by atoms with E-state index in [9.17, 15) is 14.4 Å². The maximum absolute atomic E-state index is 13.1. The summed E-state index contributed by atoms with van der Waals surface area (Å²) in [7, 11) is 1.38. The van der Waals surface area contributed by atoms with E-state index in [1.165, 1.54) is 19.2 Å². The highest BCUT2D eigenvalue weighted by Crippen LogP contribution is 2.30. The molecule has 3 rings (SSSR count). The summed E-state index contributed by atoms with van der Waals surface area (Å²) in [5, 5.41) is 0. The summed E-state index contributed by atoms with van der Waals surface area (Å²) >= 11 is 0. The molecule has 0 aromatic heterocycles. The molecule has 3 aromatic rings. The van der Waals surface area contributed by atoms with E-state index in [-0.39, 0.29) is 34.0 Å². The Morgan fingerprint density at radius 1 is 0.769 bits per heavy atom. The Bertz CT molecular complexity index is 960. The minimum atomic E-state index is -0.370. The van der Waals surface area contributed by atoms with Gasteiger partial charge in [0.1, 0.15) is 5.75 Å². The molecule has 0 amide bonds. The van der Waals surface area contributed by atoms with Crippen LogP contribution in [0.5, 0.6) is 5.75 Å². The van der Waals surface area contributed by atoms with Crippen LogP contribution >= 0.6 is 0 Å². The molecule has 0 saturated heterocycles. The van der Waals surface area contributed by atoms with Crippen molar-refractivity contribution in [3.8, 4) is 5.75 Å². The fraction of sp³-hybridized carbons (Fsp3) is 0.0455. The number of rotatable bonds is 6. The maximum Gasteiger partial charge on any atom is 0.197 e. The molecule has 4 nitrogen and oxygen atoms in total. The predicted molar refractivity (Wildman–Crippen MR) is 98.1 cm³/mol. The lowest BCUT2D eigenvalue weighted by Gasteiger charge is -2.14. The first-order valence-electron chi connectivity index (χ1n) is 8.03. The van der Waals surface area contributed by atoms with Crippen LogP contribution in [0.4, 0.5) is 0 Å². The largest absolute Gasteiger partial charge is 0.495 e. The number of ether oxygens (including phenoxy) is 1. The van der Waals surface area contributed by atoms with Crippen molar-refractivity contribution in [1.82, 2.24) is 0 Å². The minimum Gasteiger partial charge on any atom is -0.495 e. The molecular formula is C22H16O4. The SMILES string of the molecule is COc1c(C=O)ccc(C(=O)c2ccccc2)c1C(=O)c1ccccc1. The van der Waals surface area contributed by atoms with Crippen molar-refractivity contribution in [2.45, 2.75) is 0 Å². The van der Waals surface area contributed by atoms with Gasteiger partial charge in [-0.25, -0.2) is 0 Å². The summed E-state index contributed by atoms with van der Waals surface area (Å²) in [6, 6.07) is 20.3. The van der Waals surface area contributed by atoms with E-state index in [0.29, 0.717) is 17.4 Å². The molecule has 0 unspecified atom stereocenters. The fourth-order valence-corrected chi connectivity index (χ4v) is 2.81. The highest BCUT2D eigenvalue weighted by molar-refractivity contribution is 6.21. The number of benzene rings is 3. The lowest BCUT2D eigenvalue weighted by Crippen LogP contribution is -2.14. The molecular weight excluding hydrogens is 328 g/mol. The van der Waals surface area contributed by atoms with E-state index < -0.39 is 0 Å². The van der Waals surface area contributed by atoms with Crippen LogP contribution in [0, 0.1) is 0 Å². The molecule has 0 aliphatic carbocycles. The van der Waals surface area contributed by atoms with Crippen LogP contribution in [0.1, 0.15) is 42.2 Å². The topological polar surface area (TPSA) is 60.4 Å². The van der Waals surface area contributed by atoms with Crippen molar-refractivity contribution in [2.24, 2.45) is 0 Å². The third kappa shape index (κ3) is 3.17. The summed E-state index contributed by atoms with van der Waals surface area (Å²) in [4.78, 5) is 37.4. The summed E-state index contributed by atoms with van der Waals surface area (Å²) in [5.41, 5.74) is 1.38. The molecule has 0 N–H and O–H groups in total. The Kier molecular flexibility index (Phi) is 5.04. The van der Waals surface area contributed by atoms with Crippen LogP contribution in [0.15, 0.2) is 72.8 Å². The Hall–Kier alpha value is -3.53. The average Bonchev–Trinajstić information content (AvgIpc) is 2.72. The molecule has 0 bridgehead atoms. The fourth-order valence-electron chi connectivity index (χ4n) is 2.81. The van der Waals surface area contributed by atoms with Crippen molar-refractivity contribution < 1.29 is 19.1 Å². The van der Waals surface area contributed by atoms with Gasteiger partial charge in [-0.1, -0.05) is 60.7 Å². The molecule has 26 heavy (non-hydrogen) atoms. The van der Waals surface area contributed by atoms with Gasteiger partial charge in [0, 0.05) is 16.7 Å². The first kappa shape index (κ1) is 17.3. The van der Waals surface area contributed by atoms with Gasteiger partial charge in [0.2, 0.25) is 0 Å². The minimum absolute atomic E-state index is 0.0946. The van der Waals surface area contributed by atoms with E-state index in [1.54, 1.807) is 54.6 Å². The molecule has 0 saturated carbocycles. The van der Waals surface area contributed by atoms with E-state index >= 15 is 0 Å². The predicted octanol–water partition coefficient (Wildman–Crippen LogP) is 3.97. The summed E-state index contributed by atoms with van der Waals surface area (Å²) in [6.45, 7) is 0. The Morgan fingerprint density at radius 2 is 1.31 bits per heavy atom. The van der Waals surface area contributed by atoms with Crippen LogP contribution in [-0.4, -0.2) is 25.0 Å². The van der Waals surface area contributed by atoms with Crippen LogP contribution in [0.3, 0.4) is 0 Å². The molecule has 0 aliphatic rings. The van der Waals surface area contributed by atoms with Crippen LogP contribution < -0.4 is 4.74 Å². The number of aldehydes is 1.